The summed E-state index contributed by atoms with van der Waals surface area (Å²) in [5.74, 6) is 0. The molecule has 80 valence electrons. The standard InChI is InChI=1S/C8H19O4P/c1-3-13(2)12-7-8(4-9,5-10)6-11/h9-11H,3-7H2,1-2H3. The number of hydrogen-bond donors (Lipinski definition) is 3. The van der Waals surface area contributed by atoms with Gasteiger partial charge in [-0.15, -0.1) is 0 Å². The summed E-state index contributed by atoms with van der Waals surface area (Å²) in [5.41, 5.74) is -0.883. The van der Waals surface area contributed by atoms with Crippen LogP contribution in [0.3, 0.4) is 0 Å². The zero-order valence-corrected chi connectivity index (χ0v) is 9.13. The summed E-state index contributed by atoms with van der Waals surface area (Å²) >= 11 is 0. The van der Waals surface area contributed by atoms with Crippen molar-refractivity contribution in [3.05, 3.63) is 0 Å². The van der Waals surface area contributed by atoms with Crippen LogP contribution < -0.4 is 0 Å². The molecule has 3 N–H and O–H groups in total. The first-order valence-electron chi connectivity index (χ1n) is 4.30. The van der Waals surface area contributed by atoms with Crippen molar-refractivity contribution in [3.63, 3.8) is 0 Å². The Bertz CT molecular complexity index is 119. The van der Waals surface area contributed by atoms with Crippen molar-refractivity contribution in [2.45, 2.75) is 6.92 Å². The van der Waals surface area contributed by atoms with Gasteiger partial charge < -0.3 is 19.8 Å². The molecule has 0 aliphatic rings. The highest BCUT2D eigenvalue weighted by molar-refractivity contribution is 7.51. The Balaban J connectivity index is 3.95. The number of hydrogen-bond acceptors (Lipinski definition) is 4. The van der Waals surface area contributed by atoms with Gasteiger partial charge in [0.1, 0.15) is 0 Å². The summed E-state index contributed by atoms with van der Waals surface area (Å²) in [6.07, 6.45) is 0.938. The van der Waals surface area contributed by atoms with Gasteiger partial charge in [0.2, 0.25) is 0 Å². The number of rotatable bonds is 7. The third-order valence-corrected chi connectivity index (χ3v) is 3.50. The van der Waals surface area contributed by atoms with E-state index in [-0.39, 0.29) is 26.4 Å². The van der Waals surface area contributed by atoms with Gasteiger partial charge in [-0.1, -0.05) is 6.92 Å². The zero-order chi connectivity index (χ0) is 10.3. The van der Waals surface area contributed by atoms with E-state index in [1.54, 1.807) is 0 Å². The number of aliphatic hydroxyl groups is 3. The van der Waals surface area contributed by atoms with Crippen LogP contribution in [0.15, 0.2) is 0 Å². The molecule has 0 radical (unpaired) electrons. The van der Waals surface area contributed by atoms with Crippen LogP contribution in [0.5, 0.6) is 0 Å². The Kier molecular flexibility index (Phi) is 6.82. The highest BCUT2D eigenvalue weighted by Crippen LogP contribution is 2.33. The first-order chi connectivity index (χ1) is 6.14. The van der Waals surface area contributed by atoms with Crippen LogP contribution >= 0.6 is 8.15 Å². The van der Waals surface area contributed by atoms with E-state index in [0.717, 1.165) is 6.16 Å². The lowest BCUT2D eigenvalue weighted by molar-refractivity contribution is -0.0232. The molecular formula is C8H19O4P. The molecule has 0 amide bonds. The molecule has 0 rings (SSSR count). The fraction of sp³-hybridized carbons (Fsp3) is 1.00. The minimum Gasteiger partial charge on any atom is -0.396 e. The van der Waals surface area contributed by atoms with Crippen LogP contribution in [-0.4, -0.2) is 54.6 Å². The van der Waals surface area contributed by atoms with Crippen molar-refractivity contribution in [1.82, 2.24) is 0 Å². The summed E-state index contributed by atoms with van der Waals surface area (Å²) < 4.78 is 5.41. The predicted molar refractivity (Wildman–Crippen MR) is 53.0 cm³/mol. The lowest BCUT2D eigenvalue weighted by Crippen LogP contribution is -2.38. The molecule has 1 atom stereocenters. The Morgan fingerprint density at radius 1 is 1.15 bits per heavy atom. The lowest BCUT2D eigenvalue weighted by Gasteiger charge is -2.28. The second kappa shape index (κ2) is 6.68. The van der Waals surface area contributed by atoms with E-state index in [4.69, 9.17) is 19.8 Å². The Hall–Kier alpha value is 0.270. The molecule has 0 aliphatic heterocycles. The summed E-state index contributed by atoms with van der Waals surface area (Å²) in [4.78, 5) is 0. The molecule has 0 saturated carbocycles. The van der Waals surface area contributed by atoms with Crippen molar-refractivity contribution in [2.24, 2.45) is 5.41 Å². The molecule has 13 heavy (non-hydrogen) atoms. The Morgan fingerprint density at radius 2 is 1.62 bits per heavy atom. The maximum Gasteiger partial charge on any atom is 0.0633 e. The van der Waals surface area contributed by atoms with Gasteiger partial charge in [-0.2, -0.15) is 0 Å². The van der Waals surface area contributed by atoms with Gasteiger partial charge in [0.15, 0.2) is 0 Å². The van der Waals surface area contributed by atoms with Crippen LogP contribution in [-0.2, 0) is 4.52 Å². The van der Waals surface area contributed by atoms with Crippen molar-refractivity contribution in [3.8, 4) is 0 Å². The van der Waals surface area contributed by atoms with E-state index >= 15 is 0 Å². The first kappa shape index (κ1) is 13.3. The molecule has 0 aromatic heterocycles. The maximum atomic E-state index is 8.97. The van der Waals surface area contributed by atoms with Crippen LogP contribution in [0.4, 0.5) is 0 Å². The largest absolute Gasteiger partial charge is 0.396 e. The van der Waals surface area contributed by atoms with Gasteiger partial charge in [0.05, 0.1) is 31.8 Å². The molecule has 0 fully saturated rings. The van der Waals surface area contributed by atoms with E-state index in [1.165, 1.54) is 0 Å². The van der Waals surface area contributed by atoms with E-state index in [0.29, 0.717) is 0 Å². The predicted octanol–water partition coefficient (Wildman–Crippen LogP) is 0.0129. The van der Waals surface area contributed by atoms with Crippen LogP contribution in [0.1, 0.15) is 6.92 Å². The monoisotopic (exact) mass is 210 g/mol. The van der Waals surface area contributed by atoms with Crippen molar-refractivity contribution < 1.29 is 19.8 Å². The second-order valence-corrected chi connectivity index (χ2v) is 5.34. The molecular weight excluding hydrogens is 191 g/mol. The smallest absolute Gasteiger partial charge is 0.0633 e. The molecule has 0 spiro atoms. The van der Waals surface area contributed by atoms with Gasteiger partial charge >= 0.3 is 0 Å². The molecule has 0 saturated heterocycles. The molecule has 0 aromatic carbocycles. The average Bonchev–Trinajstić information content (AvgIpc) is 2.20. The maximum absolute atomic E-state index is 8.97. The van der Waals surface area contributed by atoms with Gasteiger partial charge in [-0.05, 0) is 12.8 Å². The van der Waals surface area contributed by atoms with E-state index in [1.807, 2.05) is 13.6 Å². The van der Waals surface area contributed by atoms with Gasteiger partial charge in [0.25, 0.3) is 0 Å². The third-order valence-electron chi connectivity index (χ3n) is 2.04. The van der Waals surface area contributed by atoms with Crippen LogP contribution in [0.25, 0.3) is 0 Å². The molecule has 1 unspecified atom stereocenters. The molecule has 0 aromatic rings. The number of aliphatic hydroxyl groups excluding tert-OH is 3. The topological polar surface area (TPSA) is 69.9 Å². The minimum atomic E-state index is -0.883. The third kappa shape index (κ3) is 4.34. The average molecular weight is 210 g/mol. The van der Waals surface area contributed by atoms with Gasteiger partial charge in [-0.3, -0.25) is 0 Å². The molecule has 0 heterocycles. The van der Waals surface area contributed by atoms with Crippen LogP contribution in [0, 0.1) is 5.41 Å². The zero-order valence-electron chi connectivity index (χ0n) is 8.23. The normalized spacial score (nSPS) is 14.5. The van der Waals surface area contributed by atoms with Crippen molar-refractivity contribution in [2.75, 3.05) is 39.3 Å². The second-order valence-electron chi connectivity index (χ2n) is 3.19. The highest BCUT2D eigenvalue weighted by atomic mass is 31.1. The fourth-order valence-corrected chi connectivity index (χ4v) is 1.30. The first-order valence-corrected chi connectivity index (χ1v) is 6.20. The Labute approximate surface area is 80.4 Å². The van der Waals surface area contributed by atoms with Gasteiger partial charge in [-0.25, -0.2) is 0 Å². The SMILES string of the molecule is CCP(C)OCC(CO)(CO)CO. The van der Waals surface area contributed by atoms with Crippen molar-refractivity contribution >= 4 is 8.15 Å². The lowest BCUT2D eigenvalue weighted by atomic mass is 9.93. The molecule has 0 bridgehead atoms. The summed E-state index contributed by atoms with van der Waals surface area (Å²) in [6.45, 7) is 3.44. The fourth-order valence-electron chi connectivity index (χ4n) is 0.625. The summed E-state index contributed by atoms with van der Waals surface area (Å²) in [6, 6.07) is 0. The quantitative estimate of drug-likeness (QED) is 0.518. The van der Waals surface area contributed by atoms with Crippen molar-refractivity contribution in [1.29, 1.82) is 0 Å². The molecule has 4 nitrogen and oxygen atoms in total. The summed E-state index contributed by atoms with van der Waals surface area (Å²) in [7, 11) is -0.493. The minimum absolute atomic E-state index is 0.215. The highest BCUT2D eigenvalue weighted by Gasteiger charge is 2.29. The Morgan fingerprint density at radius 3 is 1.92 bits per heavy atom. The van der Waals surface area contributed by atoms with E-state index < -0.39 is 13.6 Å². The van der Waals surface area contributed by atoms with E-state index in [9.17, 15) is 0 Å². The molecule has 5 heteroatoms. The van der Waals surface area contributed by atoms with Gasteiger partial charge in [0, 0.05) is 8.15 Å². The van der Waals surface area contributed by atoms with E-state index in [2.05, 4.69) is 0 Å². The summed E-state index contributed by atoms with van der Waals surface area (Å²) in [5, 5.41) is 26.9. The molecule has 0 aliphatic carbocycles. The van der Waals surface area contributed by atoms with Crippen LogP contribution in [0.2, 0.25) is 0 Å².